The molecule has 3 aliphatic rings. The highest BCUT2D eigenvalue weighted by Gasteiger charge is 2.34. The molecule has 5 heterocycles. The van der Waals surface area contributed by atoms with Gasteiger partial charge in [0.2, 0.25) is 0 Å². The largest absolute Gasteiger partial charge is 0.493 e. The zero-order valence-electron chi connectivity index (χ0n) is 20.3. The summed E-state index contributed by atoms with van der Waals surface area (Å²) in [5, 5.41) is 7.10. The van der Waals surface area contributed by atoms with Crippen LogP contribution < -0.4 is 20.1 Å². The first kappa shape index (κ1) is 23.2. The number of hydrogen-bond acceptors (Lipinski definition) is 6. The number of carbonyl (C=O) groups is 1. The van der Waals surface area contributed by atoms with Crippen LogP contribution in [0.4, 0.5) is 11.4 Å². The highest BCUT2D eigenvalue weighted by Crippen LogP contribution is 2.45. The molecule has 3 aliphatic heterocycles. The Morgan fingerprint density at radius 3 is 3.06 bits per heavy atom. The van der Waals surface area contributed by atoms with Crippen molar-refractivity contribution in [3.63, 3.8) is 0 Å². The number of nitrogens with zero attached hydrogens (tertiary/aromatic N) is 2. The van der Waals surface area contributed by atoms with Gasteiger partial charge in [-0.2, -0.15) is 0 Å². The lowest BCUT2D eigenvalue weighted by molar-refractivity contribution is 0.0939. The van der Waals surface area contributed by atoms with Crippen LogP contribution in [0.2, 0.25) is 5.02 Å². The van der Waals surface area contributed by atoms with Crippen molar-refractivity contribution in [1.29, 1.82) is 0 Å². The summed E-state index contributed by atoms with van der Waals surface area (Å²) in [7, 11) is 1.59. The van der Waals surface area contributed by atoms with Crippen LogP contribution >= 0.6 is 11.6 Å². The van der Waals surface area contributed by atoms with Gasteiger partial charge in [0, 0.05) is 42.4 Å². The molecule has 188 valence electrons. The summed E-state index contributed by atoms with van der Waals surface area (Å²) < 4.78 is 11.9. The first-order valence-electron chi connectivity index (χ1n) is 12.6. The molecule has 0 radical (unpaired) electrons. The Kier molecular flexibility index (Phi) is 6.23. The number of fused-ring (bicyclic) bond motifs is 5. The van der Waals surface area contributed by atoms with E-state index in [9.17, 15) is 4.79 Å². The molecule has 3 atom stereocenters. The van der Waals surface area contributed by atoms with Gasteiger partial charge in [-0.15, -0.1) is 0 Å². The Morgan fingerprint density at radius 2 is 2.17 bits per heavy atom. The van der Waals surface area contributed by atoms with Crippen molar-refractivity contribution in [3.8, 4) is 22.8 Å². The van der Waals surface area contributed by atoms with E-state index in [-0.39, 0.29) is 11.8 Å². The Bertz CT molecular complexity index is 1290. The normalized spacial score (nSPS) is 23.2. The van der Waals surface area contributed by atoms with Crippen molar-refractivity contribution in [3.05, 3.63) is 52.9 Å². The second-order valence-electron chi connectivity index (χ2n) is 9.80. The predicted octanol–water partition coefficient (Wildman–Crippen LogP) is 4.80. The van der Waals surface area contributed by atoms with Crippen molar-refractivity contribution in [1.82, 2.24) is 20.2 Å². The summed E-state index contributed by atoms with van der Waals surface area (Å²) in [5.74, 6) is 1.81. The lowest BCUT2D eigenvalue weighted by Crippen LogP contribution is -2.35. The maximum Gasteiger partial charge on any atom is 0.255 e. The number of para-hydroxylation sites is 1. The van der Waals surface area contributed by atoms with Crippen LogP contribution in [0.15, 0.2) is 36.7 Å². The zero-order chi connectivity index (χ0) is 24.6. The van der Waals surface area contributed by atoms with Crippen LogP contribution in [-0.2, 0) is 0 Å². The Morgan fingerprint density at radius 1 is 1.25 bits per heavy atom. The minimum absolute atomic E-state index is 0.101. The number of benzene rings is 1. The lowest BCUT2D eigenvalue weighted by Gasteiger charge is -2.25. The fourth-order valence-corrected chi connectivity index (χ4v) is 5.96. The molecule has 8 nitrogen and oxygen atoms in total. The molecular formula is C27H30ClN5O3. The number of hydrogen-bond donors (Lipinski definition) is 3. The average Bonchev–Trinajstić information content (AvgIpc) is 3.49. The minimum atomic E-state index is -0.101. The zero-order valence-corrected chi connectivity index (χ0v) is 21.0. The number of pyridine rings is 1. The van der Waals surface area contributed by atoms with E-state index in [0.717, 1.165) is 55.8 Å². The van der Waals surface area contributed by atoms with Gasteiger partial charge in [-0.1, -0.05) is 17.7 Å². The van der Waals surface area contributed by atoms with Gasteiger partial charge in [-0.3, -0.25) is 9.78 Å². The first-order valence-corrected chi connectivity index (χ1v) is 12.9. The summed E-state index contributed by atoms with van der Waals surface area (Å²) in [6, 6.07) is 7.47. The molecule has 2 aromatic heterocycles. The molecule has 0 spiro atoms. The molecule has 6 rings (SSSR count). The number of nitrogens with one attached hydrogen (secondary N) is 3. The van der Waals surface area contributed by atoms with Crippen LogP contribution in [-0.4, -0.2) is 60.7 Å². The number of rotatable bonds is 3. The number of amides is 1. The fourth-order valence-electron chi connectivity index (χ4n) is 5.71. The smallest absolute Gasteiger partial charge is 0.255 e. The summed E-state index contributed by atoms with van der Waals surface area (Å²) in [5.41, 5.74) is 4.61. The van der Waals surface area contributed by atoms with Crippen molar-refractivity contribution in [2.45, 2.75) is 25.2 Å². The Balaban J connectivity index is 1.51. The highest BCUT2D eigenvalue weighted by molar-refractivity contribution is 6.32. The van der Waals surface area contributed by atoms with Gasteiger partial charge in [0.1, 0.15) is 5.75 Å². The van der Waals surface area contributed by atoms with Crippen LogP contribution in [0, 0.1) is 5.92 Å². The number of aromatic nitrogens is 2. The summed E-state index contributed by atoms with van der Waals surface area (Å²) >= 11 is 6.41. The number of methoxy groups -OCH3 is 1. The summed E-state index contributed by atoms with van der Waals surface area (Å²) in [4.78, 5) is 23.8. The second kappa shape index (κ2) is 9.67. The van der Waals surface area contributed by atoms with E-state index in [1.807, 2.05) is 18.2 Å². The molecule has 9 heteroatoms. The van der Waals surface area contributed by atoms with Crippen molar-refractivity contribution >= 4 is 28.9 Å². The highest BCUT2D eigenvalue weighted by atomic mass is 35.5. The molecule has 36 heavy (non-hydrogen) atoms. The van der Waals surface area contributed by atoms with E-state index < -0.39 is 0 Å². The number of halogens is 1. The van der Waals surface area contributed by atoms with E-state index in [1.165, 1.54) is 0 Å². The van der Waals surface area contributed by atoms with Crippen molar-refractivity contribution in [2.75, 3.05) is 45.2 Å². The summed E-state index contributed by atoms with van der Waals surface area (Å²) in [6.45, 7) is 4.50. The predicted molar refractivity (Wildman–Crippen MR) is 140 cm³/mol. The number of anilines is 2. The standard InChI is InChI=1S/C27H30ClN5O3/c1-35-26-19(28)5-2-6-20(26)31-25-22-23-17(12-30-27(22)34)4-3-10-33-11-8-16(14-33)15-36-21-13-29-9-7-18(21)24(25)32-23/h2,5-7,9,13,16-17,31-32H,3-4,8,10-12,14-15H2,1H3,(H,30,34)/t16-,17+/m1/s1. The average molecular weight is 508 g/mol. The molecule has 4 bridgehead atoms. The molecule has 0 aliphatic carbocycles. The molecule has 1 fully saturated rings. The van der Waals surface area contributed by atoms with Gasteiger partial charge < -0.3 is 30.0 Å². The van der Waals surface area contributed by atoms with E-state index in [2.05, 4.69) is 25.5 Å². The third kappa shape index (κ3) is 4.18. The molecule has 3 N–H and O–H groups in total. The quantitative estimate of drug-likeness (QED) is 0.471. The minimum Gasteiger partial charge on any atom is -0.493 e. The van der Waals surface area contributed by atoms with Crippen molar-refractivity contribution < 1.29 is 14.3 Å². The maximum absolute atomic E-state index is 13.3. The van der Waals surface area contributed by atoms with E-state index in [4.69, 9.17) is 21.1 Å². The van der Waals surface area contributed by atoms with Crippen LogP contribution in [0.25, 0.3) is 11.3 Å². The number of H-pyrrole nitrogens is 1. The van der Waals surface area contributed by atoms with Gasteiger partial charge in [0.25, 0.3) is 5.91 Å². The Hall–Kier alpha value is -3.23. The van der Waals surface area contributed by atoms with E-state index in [0.29, 0.717) is 52.5 Å². The third-order valence-electron chi connectivity index (χ3n) is 7.53. The fraction of sp³-hybridized carbons (Fsp3) is 0.407. The van der Waals surface area contributed by atoms with E-state index >= 15 is 0 Å². The maximum atomic E-state index is 13.3. The van der Waals surface area contributed by atoms with Crippen LogP contribution in [0.1, 0.15) is 41.2 Å². The first-order chi connectivity index (χ1) is 17.6. The van der Waals surface area contributed by atoms with Crippen molar-refractivity contribution in [2.24, 2.45) is 5.92 Å². The van der Waals surface area contributed by atoms with Gasteiger partial charge in [0.15, 0.2) is 5.75 Å². The number of aromatic amines is 1. The monoisotopic (exact) mass is 507 g/mol. The van der Waals surface area contributed by atoms with Gasteiger partial charge >= 0.3 is 0 Å². The summed E-state index contributed by atoms with van der Waals surface area (Å²) in [6.07, 6.45) is 6.73. The SMILES string of the molecule is COc1c(Cl)cccc1Nc1c2[nH]c3c1C(=O)NC[C@@H]3CCCN1CC[C@@H](COc3cnccc3-2)C1. The molecule has 3 aromatic rings. The molecular weight excluding hydrogens is 478 g/mol. The molecule has 1 amide bonds. The van der Waals surface area contributed by atoms with Gasteiger partial charge in [-0.05, 0) is 50.6 Å². The lowest BCUT2D eigenvalue weighted by atomic mass is 9.92. The second-order valence-corrected chi connectivity index (χ2v) is 10.2. The van der Waals surface area contributed by atoms with Gasteiger partial charge in [-0.25, -0.2) is 0 Å². The van der Waals surface area contributed by atoms with E-state index in [1.54, 1.807) is 25.6 Å². The Labute approximate surface area is 215 Å². The van der Waals surface area contributed by atoms with Gasteiger partial charge in [0.05, 0.1) is 47.6 Å². The molecule has 1 unspecified atom stereocenters. The topological polar surface area (TPSA) is 91.5 Å². The third-order valence-corrected chi connectivity index (χ3v) is 7.83. The molecule has 1 aromatic carbocycles. The molecule has 0 saturated carbocycles. The molecule has 1 saturated heterocycles. The number of ether oxygens (including phenoxy) is 2. The number of carbonyl (C=O) groups excluding carboxylic acids is 1. The van der Waals surface area contributed by atoms with Crippen LogP contribution in [0.3, 0.4) is 0 Å². The van der Waals surface area contributed by atoms with Crippen LogP contribution in [0.5, 0.6) is 11.5 Å².